The molecule has 1 unspecified atom stereocenters. The van der Waals surface area contributed by atoms with Crippen LogP contribution in [-0.2, 0) is 4.79 Å². The average molecular weight is 565 g/mol. The van der Waals surface area contributed by atoms with Crippen LogP contribution in [0.5, 0.6) is 5.75 Å². The van der Waals surface area contributed by atoms with E-state index >= 15 is 0 Å². The quantitative estimate of drug-likeness (QED) is 0.402. The summed E-state index contributed by atoms with van der Waals surface area (Å²) in [5.41, 5.74) is 0.608. The standard InChI is InChI=1S/C31H31F3N4O3/c32-23-14-22(15-24(33)17-23)28-5-11-36-38(28)30(39)20-6-12-37(13-7-20)29-16-21(4-10-35-29)26-18-25(2-3-27(26)34)41-19-31(40)8-1-9-31/h2-4,10-11,14-18,20,28,40H,1,5-9,12-13,19H2. The summed E-state index contributed by atoms with van der Waals surface area (Å²) in [7, 11) is 0. The first-order chi connectivity index (χ1) is 19.8. The van der Waals surface area contributed by atoms with Crippen molar-refractivity contribution in [1.82, 2.24) is 9.99 Å². The van der Waals surface area contributed by atoms with Gasteiger partial charge in [0.15, 0.2) is 0 Å². The Morgan fingerprint density at radius 1 is 1.02 bits per heavy atom. The predicted molar refractivity (Wildman–Crippen MR) is 148 cm³/mol. The number of anilines is 1. The van der Waals surface area contributed by atoms with Gasteiger partial charge in [0.05, 0.1) is 11.6 Å². The van der Waals surface area contributed by atoms with Crippen LogP contribution in [0.3, 0.4) is 0 Å². The molecule has 7 nitrogen and oxygen atoms in total. The first kappa shape index (κ1) is 27.3. The van der Waals surface area contributed by atoms with Gasteiger partial charge in [-0.2, -0.15) is 5.10 Å². The van der Waals surface area contributed by atoms with E-state index in [0.29, 0.717) is 73.5 Å². The van der Waals surface area contributed by atoms with Gasteiger partial charge in [-0.3, -0.25) is 4.79 Å². The highest BCUT2D eigenvalue weighted by molar-refractivity contribution is 5.82. The third-order valence-electron chi connectivity index (χ3n) is 8.28. The van der Waals surface area contributed by atoms with Crippen molar-refractivity contribution >= 4 is 17.9 Å². The van der Waals surface area contributed by atoms with E-state index < -0.39 is 23.3 Å². The van der Waals surface area contributed by atoms with Crippen LogP contribution >= 0.6 is 0 Å². The van der Waals surface area contributed by atoms with Gasteiger partial charge in [0.2, 0.25) is 5.91 Å². The fourth-order valence-corrected chi connectivity index (χ4v) is 5.73. The highest BCUT2D eigenvalue weighted by Gasteiger charge is 2.36. The van der Waals surface area contributed by atoms with Crippen LogP contribution in [0.1, 0.15) is 50.1 Å². The fraction of sp³-hybridized carbons (Fsp3) is 0.387. The lowest BCUT2D eigenvalue weighted by atomic mass is 9.81. The Labute approximate surface area is 236 Å². The molecule has 3 aliphatic rings. The summed E-state index contributed by atoms with van der Waals surface area (Å²) in [6, 6.07) is 10.9. The van der Waals surface area contributed by atoms with Crippen LogP contribution in [0, 0.1) is 23.4 Å². The Balaban J connectivity index is 1.11. The largest absolute Gasteiger partial charge is 0.491 e. The molecule has 2 aliphatic heterocycles. The Kier molecular flexibility index (Phi) is 7.42. The Hall–Kier alpha value is -3.92. The van der Waals surface area contributed by atoms with E-state index in [1.165, 1.54) is 23.2 Å². The van der Waals surface area contributed by atoms with E-state index in [2.05, 4.69) is 15.0 Å². The second kappa shape index (κ2) is 11.2. The van der Waals surface area contributed by atoms with Crippen LogP contribution < -0.4 is 9.64 Å². The van der Waals surface area contributed by atoms with Crippen LogP contribution in [0.2, 0.25) is 0 Å². The third kappa shape index (κ3) is 5.79. The molecular weight excluding hydrogens is 533 g/mol. The number of hydrogen-bond donors (Lipinski definition) is 1. The average Bonchev–Trinajstić information content (AvgIpc) is 3.45. The summed E-state index contributed by atoms with van der Waals surface area (Å²) in [4.78, 5) is 19.9. The van der Waals surface area contributed by atoms with Gasteiger partial charge in [-0.25, -0.2) is 23.2 Å². The molecule has 1 saturated heterocycles. The van der Waals surface area contributed by atoms with Gasteiger partial charge in [0, 0.05) is 49.5 Å². The maximum Gasteiger partial charge on any atom is 0.246 e. The monoisotopic (exact) mass is 564 g/mol. The van der Waals surface area contributed by atoms with Gasteiger partial charge in [0.25, 0.3) is 0 Å². The van der Waals surface area contributed by atoms with E-state index in [0.717, 1.165) is 12.5 Å². The van der Waals surface area contributed by atoms with Crippen molar-refractivity contribution in [3.8, 4) is 16.9 Å². The zero-order valence-electron chi connectivity index (χ0n) is 22.5. The number of nitrogens with zero attached hydrogens (tertiary/aromatic N) is 4. The first-order valence-corrected chi connectivity index (χ1v) is 14.0. The maximum absolute atomic E-state index is 14.8. The SMILES string of the molecule is O=C(C1CCN(c2cc(-c3cc(OCC4(O)CCC4)ccc3F)ccn2)CC1)N1N=CCC1c1cc(F)cc(F)c1. The zero-order chi connectivity index (χ0) is 28.6. The number of piperidine rings is 1. The number of pyridine rings is 1. The number of benzene rings is 2. The molecule has 10 heteroatoms. The lowest BCUT2D eigenvalue weighted by Crippen LogP contribution is -2.42. The summed E-state index contributed by atoms with van der Waals surface area (Å²) < 4.78 is 48.2. The topological polar surface area (TPSA) is 78.3 Å². The molecule has 3 heterocycles. The number of amides is 1. The van der Waals surface area contributed by atoms with Crippen molar-refractivity contribution in [2.45, 2.75) is 50.2 Å². The highest BCUT2D eigenvalue weighted by Crippen LogP contribution is 2.35. The molecule has 1 aromatic heterocycles. The van der Waals surface area contributed by atoms with Gasteiger partial charge in [-0.05, 0) is 85.7 Å². The molecule has 2 fully saturated rings. The molecule has 41 heavy (non-hydrogen) atoms. The summed E-state index contributed by atoms with van der Waals surface area (Å²) in [5, 5.41) is 15.9. The lowest BCUT2D eigenvalue weighted by Gasteiger charge is -2.36. The summed E-state index contributed by atoms with van der Waals surface area (Å²) in [5.74, 6) is -1.05. The smallest absolute Gasteiger partial charge is 0.246 e. The minimum atomic E-state index is -0.800. The second-order valence-corrected chi connectivity index (χ2v) is 11.1. The number of aromatic nitrogens is 1. The summed E-state index contributed by atoms with van der Waals surface area (Å²) in [6.45, 7) is 1.30. The van der Waals surface area contributed by atoms with Crippen LogP contribution in [0.4, 0.5) is 19.0 Å². The maximum atomic E-state index is 14.8. The molecule has 1 aliphatic carbocycles. The number of halogens is 3. The van der Waals surface area contributed by atoms with E-state index in [1.807, 2.05) is 6.07 Å². The number of rotatable bonds is 7. The second-order valence-electron chi connectivity index (χ2n) is 11.1. The Morgan fingerprint density at radius 2 is 1.78 bits per heavy atom. The molecule has 1 saturated carbocycles. The number of aliphatic hydroxyl groups is 1. The molecule has 0 bridgehead atoms. The van der Waals surface area contributed by atoms with Gasteiger partial charge in [-0.15, -0.1) is 0 Å². The molecule has 1 N–H and O–H groups in total. The zero-order valence-corrected chi connectivity index (χ0v) is 22.5. The minimum Gasteiger partial charge on any atom is -0.491 e. The molecule has 3 aromatic rings. The molecule has 1 atom stereocenters. The predicted octanol–water partition coefficient (Wildman–Crippen LogP) is 5.64. The van der Waals surface area contributed by atoms with E-state index in [9.17, 15) is 23.1 Å². The van der Waals surface area contributed by atoms with Gasteiger partial charge < -0.3 is 14.7 Å². The Morgan fingerprint density at radius 3 is 2.49 bits per heavy atom. The highest BCUT2D eigenvalue weighted by atomic mass is 19.1. The number of carbonyl (C=O) groups excluding carboxylic acids is 1. The van der Waals surface area contributed by atoms with Crippen molar-refractivity contribution in [3.63, 3.8) is 0 Å². The molecule has 0 spiro atoms. The van der Waals surface area contributed by atoms with Crippen LogP contribution in [-0.4, -0.2) is 52.5 Å². The Bertz CT molecular complexity index is 1450. The summed E-state index contributed by atoms with van der Waals surface area (Å²) >= 11 is 0. The minimum absolute atomic E-state index is 0.166. The molecule has 1 amide bonds. The van der Waals surface area contributed by atoms with E-state index in [4.69, 9.17) is 4.74 Å². The molecular formula is C31H31F3N4O3. The number of hydrogen-bond acceptors (Lipinski definition) is 6. The number of carbonyl (C=O) groups is 1. The lowest BCUT2D eigenvalue weighted by molar-refractivity contribution is -0.138. The molecule has 0 radical (unpaired) electrons. The van der Waals surface area contributed by atoms with Crippen molar-refractivity contribution in [2.75, 3.05) is 24.6 Å². The fourth-order valence-electron chi connectivity index (χ4n) is 5.73. The van der Waals surface area contributed by atoms with Crippen LogP contribution in [0.15, 0.2) is 59.8 Å². The first-order valence-electron chi connectivity index (χ1n) is 14.0. The van der Waals surface area contributed by atoms with Crippen molar-refractivity contribution in [2.24, 2.45) is 11.0 Å². The van der Waals surface area contributed by atoms with Crippen LogP contribution in [0.25, 0.3) is 11.1 Å². The number of ether oxygens (including phenoxy) is 1. The normalized spacial score (nSPS) is 20.2. The third-order valence-corrected chi connectivity index (χ3v) is 8.28. The van der Waals surface area contributed by atoms with Gasteiger partial charge >= 0.3 is 0 Å². The van der Waals surface area contributed by atoms with E-state index in [1.54, 1.807) is 30.6 Å². The molecule has 214 valence electrons. The van der Waals surface area contributed by atoms with Crippen molar-refractivity contribution in [1.29, 1.82) is 0 Å². The summed E-state index contributed by atoms with van der Waals surface area (Å²) in [6.07, 6.45) is 7.13. The van der Waals surface area contributed by atoms with Crippen molar-refractivity contribution in [3.05, 3.63) is 77.7 Å². The van der Waals surface area contributed by atoms with Gasteiger partial charge in [-0.1, -0.05) is 0 Å². The van der Waals surface area contributed by atoms with E-state index in [-0.39, 0.29) is 24.2 Å². The number of hydrazone groups is 1. The van der Waals surface area contributed by atoms with Crippen molar-refractivity contribution < 1.29 is 27.8 Å². The molecule has 6 rings (SSSR count). The molecule has 2 aromatic carbocycles. The van der Waals surface area contributed by atoms with Gasteiger partial charge in [0.1, 0.15) is 35.6 Å².